The Balaban J connectivity index is 1.74. The van der Waals surface area contributed by atoms with Crippen LogP contribution in [-0.2, 0) is 14.8 Å². The van der Waals surface area contributed by atoms with E-state index in [4.69, 9.17) is 10.00 Å². The average Bonchev–Trinajstić information content (AvgIpc) is 2.52. The second-order valence-electron chi connectivity index (χ2n) is 6.13. The van der Waals surface area contributed by atoms with Crippen LogP contribution in [0.5, 0.6) is 0 Å². The Morgan fingerprint density at radius 1 is 1.41 bits per heavy atom. The van der Waals surface area contributed by atoms with Crippen molar-refractivity contribution in [1.29, 1.82) is 5.26 Å². The van der Waals surface area contributed by atoms with Crippen molar-refractivity contribution >= 4 is 10.0 Å². The van der Waals surface area contributed by atoms with Crippen molar-refractivity contribution in [3.8, 4) is 6.07 Å². The van der Waals surface area contributed by atoms with Gasteiger partial charge in [-0.1, -0.05) is 0 Å². The van der Waals surface area contributed by atoms with Gasteiger partial charge < -0.3 is 4.74 Å². The molecule has 1 aliphatic carbocycles. The van der Waals surface area contributed by atoms with Gasteiger partial charge in [0.1, 0.15) is 11.0 Å². The van der Waals surface area contributed by atoms with Crippen molar-refractivity contribution in [2.75, 3.05) is 20.2 Å². The third-order valence-corrected chi connectivity index (χ3v) is 6.86. The molecule has 1 aliphatic heterocycles. The number of hydrogen-bond acceptors (Lipinski definition) is 5. The summed E-state index contributed by atoms with van der Waals surface area (Å²) >= 11 is 0. The normalized spacial score (nSPS) is 22.2. The molecule has 1 spiro atoms. The summed E-state index contributed by atoms with van der Waals surface area (Å²) in [7, 11) is -1.92. The van der Waals surface area contributed by atoms with Crippen molar-refractivity contribution in [3.63, 3.8) is 0 Å². The van der Waals surface area contributed by atoms with E-state index in [1.165, 1.54) is 16.6 Å². The van der Waals surface area contributed by atoms with E-state index < -0.39 is 10.0 Å². The maximum Gasteiger partial charge on any atom is 0.245 e. The molecular formula is C15H19N3O3S. The molecule has 1 saturated heterocycles. The number of hydrogen-bond donors (Lipinski definition) is 0. The molecule has 0 aromatic carbocycles. The van der Waals surface area contributed by atoms with E-state index in [0.717, 1.165) is 25.7 Å². The number of pyridine rings is 1. The summed E-state index contributed by atoms with van der Waals surface area (Å²) < 4.78 is 32.2. The number of methoxy groups -OCH3 is 1. The molecule has 1 aromatic rings. The highest BCUT2D eigenvalue weighted by Crippen LogP contribution is 2.50. The molecule has 7 heteroatoms. The highest BCUT2D eigenvalue weighted by atomic mass is 32.2. The summed E-state index contributed by atoms with van der Waals surface area (Å²) in [5.74, 6) is 0. The van der Waals surface area contributed by atoms with E-state index >= 15 is 0 Å². The number of piperidine rings is 1. The van der Waals surface area contributed by atoms with Crippen LogP contribution in [0.25, 0.3) is 0 Å². The Bertz CT molecular complexity index is 695. The van der Waals surface area contributed by atoms with Gasteiger partial charge in [-0.15, -0.1) is 0 Å². The monoisotopic (exact) mass is 321 g/mol. The lowest BCUT2D eigenvalue weighted by Gasteiger charge is -2.51. The number of rotatable bonds is 3. The van der Waals surface area contributed by atoms with Gasteiger partial charge in [0, 0.05) is 26.4 Å². The SMILES string of the molecule is COC1CC2(CCN(S(=O)(=O)c3cccnc3C#N)CC2)C1. The Hall–Kier alpha value is -1.49. The number of nitriles is 1. The van der Waals surface area contributed by atoms with Gasteiger partial charge >= 0.3 is 0 Å². The highest BCUT2D eigenvalue weighted by Gasteiger charge is 2.47. The van der Waals surface area contributed by atoms with E-state index in [2.05, 4.69) is 4.98 Å². The van der Waals surface area contributed by atoms with Crippen LogP contribution >= 0.6 is 0 Å². The Morgan fingerprint density at radius 2 is 2.09 bits per heavy atom. The summed E-state index contributed by atoms with van der Waals surface area (Å²) in [6.45, 7) is 0.997. The predicted molar refractivity (Wildman–Crippen MR) is 79.4 cm³/mol. The van der Waals surface area contributed by atoms with E-state index in [0.29, 0.717) is 19.2 Å². The number of nitrogens with zero attached hydrogens (tertiary/aromatic N) is 3. The van der Waals surface area contributed by atoms with Gasteiger partial charge in [-0.3, -0.25) is 0 Å². The minimum absolute atomic E-state index is 0.0110. The van der Waals surface area contributed by atoms with Gasteiger partial charge in [-0.25, -0.2) is 13.4 Å². The second kappa shape index (κ2) is 5.61. The Kier molecular flexibility index (Phi) is 3.93. The zero-order chi connectivity index (χ0) is 15.8. The lowest BCUT2D eigenvalue weighted by atomic mass is 9.62. The zero-order valence-electron chi connectivity index (χ0n) is 12.5. The minimum Gasteiger partial charge on any atom is -0.381 e. The van der Waals surface area contributed by atoms with Crippen LogP contribution in [-0.4, -0.2) is 44.0 Å². The van der Waals surface area contributed by atoms with Crippen LogP contribution in [0.4, 0.5) is 0 Å². The summed E-state index contributed by atoms with van der Waals surface area (Å²) in [5.41, 5.74) is 0.213. The first-order valence-corrected chi connectivity index (χ1v) is 8.83. The first-order chi connectivity index (χ1) is 10.5. The third-order valence-electron chi connectivity index (χ3n) is 4.93. The third kappa shape index (κ3) is 2.51. The molecule has 1 saturated carbocycles. The Morgan fingerprint density at radius 3 is 2.68 bits per heavy atom. The van der Waals surface area contributed by atoms with Crippen molar-refractivity contribution in [2.45, 2.75) is 36.7 Å². The summed E-state index contributed by atoms with van der Waals surface area (Å²) in [6, 6.07) is 4.86. The van der Waals surface area contributed by atoms with Crippen molar-refractivity contribution in [1.82, 2.24) is 9.29 Å². The smallest absolute Gasteiger partial charge is 0.245 e. The highest BCUT2D eigenvalue weighted by molar-refractivity contribution is 7.89. The van der Waals surface area contributed by atoms with Crippen LogP contribution in [0, 0.1) is 16.7 Å². The molecule has 3 rings (SSSR count). The fourth-order valence-corrected chi connectivity index (χ4v) is 5.04. The second-order valence-corrected chi connectivity index (χ2v) is 8.04. The zero-order valence-corrected chi connectivity index (χ0v) is 13.3. The molecule has 0 amide bonds. The molecule has 0 N–H and O–H groups in total. The van der Waals surface area contributed by atoms with Crippen molar-refractivity contribution < 1.29 is 13.2 Å². The molecule has 2 heterocycles. The molecular weight excluding hydrogens is 302 g/mol. The lowest BCUT2D eigenvalue weighted by molar-refractivity contribution is -0.0804. The summed E-state index contributed by atoms with van der Waals surface area (Å²) in [4.78, 5) is 3.86. The van der Waals surface area contributed by atoms with Gasteiger partial charge in [-0.2, -0.15) is 9.57 Å². The quantitative estimate of drug-likeness (QED) is 0.843. The van der Waals surface area contributed by atoms with Crippen molar-refractivity contribution in [2.24, 2.45) is 5.41 Å². The molecule has 2 fully saturated rings. The van der Waals surface area contributed by atoms with Crippen LogP contribution in [0.3, 0.4) is 0 Å². The molecule has 0 bridgehead atoms. The molecule has 0 radical (unpaired) electrons. The van der Waals surface area contributed by atoms with Gasteiger partial charge in [0.15, 0.2) is 5.69 Å². The first-order valence-electron chi connectivity index (χ1n) is 7.39. The van der Waals surface area contributed by atoms with Crippen molar-refractivity contribution in [3.05, 3.63) is 24.0 Å². The maximum atomic E-state index is 12.7. The molecule has 6 nitrogen and oxygen atoms in total. The van der Waals surface area contributed by atoms with E-state index in [-0.39, 0.29) is 16.0 Å². The van der Waals surface area contributed by atoms with Crippen LogP contribution in [0.15, 0.2) is 23.2 Å². The summed E-state index contributed by atoms with van der Waals surface area (Å²) in [5, 5.41) is 9.06. The molecule has 1 aromatic heterocycles. The molecule has 118 valence electrons. The lowest BCUT2D eigenvalue weighted by Crippen LogP contribution is -2.50. The number of ether oxygens (including phenoxy) is 1. The molecule has 0 atom stereocenters. The summed E-state index contributed by atoms with van der Waals surface area (Å²) in [6.07, 6.45) is 5.51. The topological polar surface area (TPSA) is 83.3 Å². The fourth-order valence-electron chi connectivity index (χ4n) is 3.50. The van der Waals surface area contributed by atoms with Gasteiger partial charge in [0.2, 0.25) is 10.0 Å². The largest absolute Gasteiger partial charge is 0.381 e. The Labute approximate surface area is 130 Å². The molecule has 22 heavy (non-hydrogen) atoms. The van der Waals surface area contributed by atoms with Gasteiger partial charge in [0.25, 0.3) is 0 Å². The van der Waals surface area contributed by atoms with Crippen LogP contribution in [0.1, 0.15) is 31.4 Å². The van der Waals surface area contributed by atoms with E-state index in [9.17, 15) is 8.42 Å². The average molecular weight is 321 g/mol. The van der Waals surface area contributed by atoms with Crippen LogP contribution < -0.4 is 0 Å². The number of sulfonamides is 1. The van der Waals surface area contributed by atoms with Gasteiger partial charge in [0.05, 0.1) is 6.10 Å². The number of aromatic nitrogens is 1. The van der Waals surface area contributed by atoms with Gasteiger partial charge in [-0.05, 0) is 43.2 Å². The predicted octanol–water partition coefficient (Wildman–Crippen LogP) is 1.53. The van der Waals surface area contributed by atoms with E-state index in [1.54, 1.807) is 13.2 Å². The van der Waals surface area contributed by atoms with E-state index in [1.807, 2.05) is 6.07 Å². The first kappa shape index (κ1) is 15.4. The molecule has 0 unspecified atom stereocenters. The maximum absolute atomic E-state index is 12.7. The fraction of sp³-hybridized carbons (Fsp3) is 0.600. The standard InChI is InChI=1S/C15H19N3O3S/c1-21-12-9-15(10-12)4-7-18(8-5-15)22(19,20)14-3-2-6-17-13(14)11-16/h2-3,6,12H,4-5,7-10H2,1H3. The minimum atomic E-state index is -3.64. The molecule has 2 aliphatic rings. The van der Waals surface area contributed by atoms with Crippen LogP contribution in [0.2, 0.25) is 0 Å².